The van der Waals surface area contributed by atoms with Crippen LogP contribution in [0.2, 0.25) is 0 Å². The number of ether oxygens (including phenoxy) is 2. The van der Waals surface area contributed by atoms with Gasteiger partial charge in [-0.2, -0.15) is 0 Å². The predicted molar refractivity (Wildman–Crippen MR) is 241 cm³/mol. The Morgan fingerprint density at radius 3 is 1.28 bits per heavy atom. The van der Waals surface area contributed by atoms with E-state index in [2.05, 4.69) is 0 Å². The molecule has 6 aromatic rings. The Labute approximate surface area is 373 Å². The first-order valence-electron chi connectivity index (χ1n) is 21.7. The lowest BCUT2D eigenvalue weighted by Gasteiger charge is -2.19. The van der Waals surface area contributed by atoms with E-state index in [1.165, 1.54) is 0 Å². The van der Waals surface area contributed by atoms with Crippen molar-refractivity contribution in [3.8, 4) is 34.1 Å². The molecule has 2 aliphatic rings. The largest absolute Gasteiger partial charge is 0.493 e. The number of rotatable bonds is 20. The standard InChI is InChI=1S/2C26H27NO5/c2*1-27(25(28)19-12-10-18(11-13-19)23-9-5-15-31-23)17-21-6-2-3-8-24(21)32-14-4-7-20-16-22(20)26(29)30/h2*2-3,5-6,8-13,15,20,22H,4,7,14,16-17H2,1H3,(H,29,30)/t2*20-,22+/m10/s1. The van der Waals surface area contributed by atoms with Crippen molar-refractivity contribution < 1.29 is 47.7 Å². The summed E-state index contributed by atoms with van der Waals surface area (Å²) in [7, 11) is 3.55. The Hall–Kier alpha value is -7.08. The maximum atomic E-state index is 12.9. The molecule has 2 amide bonds. The fraction of sp³-hybridized carbons (Fsp3) is 0.308. The molecule has 12 nitrogen and oxygen atoms in total. The number of carboxylic acids is 2. The molecule has 2 N–H and O–H groups in total. The van der Waals surface area contributed by atoms with Crippen LogP contribution in [0.1, 0.15) is 70.4 Å². The van der Waals surface area contributed by atoms with Crippen LogP contribution in [0.4, 0.5) is 0 Å². The molecular weight excluding hydrogens is 813 g/mol. The highest BCUT2D eigenvalue weighted by Crippen LogP contribution is 2.43. The molecule has 0 radical (unpaired) electrons. The maximum Gasteiger partial charge on any atom is 0.306 e. The van der Waals surface area contributed by atoms with Gasteiger partial charge in [-0.3, -0.25) is 19.2 Å². The number of hydrogen-bond acceptors (Lipinski definition) is 8. The summed E-state index contributed by atoms with van der Waals surface area (Å²) in [5, 5.41) is 18.0. The van der Waals surface area contributed by atoms with Crippen LogP contribution >= 0.6 is 0 Å². The molecule has 0 unspecified atom stereocenters. The Kier molecular flexibility index (Phi) is 15.0. The van der Waals surface area contributed by atoms with Gasteiger partial charge in [0.15, 0.2) is 0 Å². The van der Waals surface area contributed by atoms with E-state index in [1.54, 1.807) is 60.7 Å². The monoisotopic (exact) mass is 866 g/mol. The van der Waals surface area contributed by atoms with Gasteiger partial charge < -0.3 is 38.3 Å². The third-order valence-electron chi connectivity index (χ3n) is 11.8. The second-order valence-electron chi connectivity index (χ2n) is 16.5. The third kappa shape index (κ3) is 12.1. The molecular formula is C52H54N2O10. The van der Waals surface area contributed by atoms with Crippen LogP contribution in [0.3, 0.4) is 0 Å². The number of furan rings is 2. The summed E-state index contributed by atoms with van der Waals surface area (Å²) < 4.78 is 22.7. The van der Waals surface area contributed by atoms with E-state index in [-0.39, 0.29) is 35.5 Å². The topological polar surface area (TPSA) is 160 Å². The van der Waals surface area contributed by atoms with Crippen molar-refractivity contribution in [3.63, 3.8) is 0 Å². The molecule has 2 saturated carbocycles. The van der Waals surface area contributed by atoms with E-state index in [1.807, 2.05) is 97.1 Å². The summed E-state index contributed by atoms with van der Waals surface area (Å²) >= 11 is 0. The number of carboxylic acid groups (broad SMARTS) is 2. The lowest BCUT2D eigenvalue weighted by atomic mass is 10.1. The smallest absolute Gasteiger partial charge is 0.306 e. The summed E-state index contributed by atoms with van der Waals surface area (Å²) in [6.45, 7) is 1.93. The average molecular weight is 867 g/mol. The molecule has 2 fully saturated rings. The molecule has 0 saturated heterocycles. The zero-order valence-corrected chi connectivity index (χ0v) is 36.1. The molecule has 0 spiro atoms. The molecule has 8 rings (SSSR count). The summed E-state index contributed by atoms with van der Waals surface area (Å²) in [6.07, 6.45) is 8.18. The SMILES string of the molecule is CN(Cc1ccccc1OCCC[C@@H]1C[C@@H]1C(=O)O)C(=O)c1ccc(-c2ccco2)cc1.CN(Cc1ccccc1OCCC[C@H]1C[C@H]1C(=O)O)C(=O)c1ccc(-c2ccco2)cc1. The number of aliphatic carboxylic acids is 2. The Morgan fingerprint density at radius 1 is 0.547 bits per heavy atom. The van der Waals surface area contributed by atoms with Gasteiger partial charge >= 0.3 is 11.9 Å². The molecule has 2 aliphatic carbocycles. The van der Waals surface area contributed by atoms with Crippen molar-refractivity contribution in [3.05, 3.63) is 156 Å². The molecule has 4 aromatic carbocycles. The van der Waals surface area contributed by atoms with Crippen LogP contribution < -0.4 is 9.47 Å². The fourth-order valence-corrected chi connectivity index (χ4v) is 7.88. The molecule has 4 atom stereocenters. The lowest BCUT2D eigenvalue weighted by molar-refractivity contribution is -0.139. The zero-order valence-electron chi connectivity index (χ0n) is 36.1. The van der Waals surface area contributed by atoms with Crippen LogP contribution in [0.15, 0.2) is 143 Å². The summed E-state index contributed by atoms with van der Waals surface area (Å²) in [5.74, 6) is 1.75. The second kappa shape index (κ2) is 21.3. The van der Waals surface area contributed by atoms with Crippen molar-refractivity contribution in [1.29, 1.82) is 0 Å². The van der Waals surface area contributed by atoms with Gasteiger partial charge in [0, 0.05) is 60.6 Å². The van der Waals surface area contributed by atoms with Crippen LogP contribution in [0, 0.1) is 23.7 Å². The van der Waals surface area contributed by atoms with E-state index in [4.69, 9.17) is 28.5 Å². The number of benzene rings is 4. The van der Waals surface area contributed by atoms with E-state index in [0.717, 1.165) is 83.8 Å². The van der Waals surface area contributed by atoms with E-state index in [0.29, 0.717) is 37.4 Å². The van der Waals surface area contributed by atoms with Gasteiger partial charge in [-0.25, -0.2) is 0 Å². The Balaban J connectivity index is 0.000000191. The molecule has 64 heavy (non-hydrogen) atoms. The molecule has 12 heteroatoms. The molecule has 2 aromatic heterocycles. The summed E-state index contributed by atoms with van der Waals surface area (Å²) in [5.41, 5.74) is 4.94. The highest BCUT2D eigenvalue weighted by molar-refractivity contribution is 5.95. The number of amides is 2. The quantitative estimate of drug-likeness (QED) is 0.0707. The molecule has 0 aliphatic heterocycles. The summed E-state index contributed by atoms with van der Waals surface area (Å²) in [6, 6.07) is 37.6. The van der Waals surface area contributed by atoms with Crippen molar-refractivity contribution >= 4 is 23.8 Å². The van der Waals surface area contributed by atoms with Gasteiger partial charge in [-0.05, 0) is 111 Å². The zero-order chi connectivity index (χ0) is 45.0. The van der Waals surface area contributed by atoms with Gasteiger partial charge in [0.25, 0.3) is 11.8 Å². The van der Waals surface area contributed by atoms with E-state index < -0.39 is 11.9 Å². The first kappa shape index (κ1) is 45.0. The second-order valence-corrected chi connectivity index (χ2v) is 16.5. The minimum absolute atomic E-state index is 0.0701. The summed E-state index contributed by atoms with van der Waals surface area (Å²) in [4.78, 5) is 51.0. The first-order chi connectivity index (χ1) is 31.0. The van der Waals surface area contributed by atoms with Crippen molar-refractivity contribution in [2.75, 3.05) is 27.3 Å². The maximum absolute atomic E-state index is 12.9. The van der Waals surface area contributed by atoms with E-state index >= 15 is 0 Å². The minimum atomic E-state index is -0.690. The number of para-hydroxylation sites is 2. The van der Waals surface area contributed by atoms with Gasteiger partial charge in [-0.1, -0.05) is 60.7 Å². The van der Waals surface area contributed by atoms with Crippen LogP contribution in [0.5, 0.6) is 11.5 Å². The average Bonchev–Trinajstić information content (AvgIpc) is 4.11. The highest BCUT2D eigenvalue weighted by atomic mass is 16.5. The molecule has 0 bridgehead atoms. The van der Waals surface area contributed by atoms with Crippen molar-refractivity contribution in [2.24, 2.45) is 23.7 Å². The van der Waals surface area contributed by atoms with Crippen LogP contribution in [0.25, 0.3) is 22.6 Å². The fourth-order valence-electron chi connectivity index (χ4n) is 7.88. The van der Waals surface area contributed by atoms with E-state index in [9.17, 15) is 19.2 Å². The number of carbonyl (C=O) groups excluding carboxylic acids is 2. The molecule has 2 heterocycles. The van der Waals surface area contributed by atoms with Crippen molar-refractivity contribution in [1.82, 2.24) is 9.80 Å². The van der Waals surface area contributed by atoms with Gasteiger partial charge in [0.2, 0.25) is 0 Å². The minimum Gasteiger partial charge on any atom is -0.493 e. The lowest BCUT2D eigenvalue weighted by Crippen LogP contribution is -2.26. The van der Waals surface area contributed by atoms with Crippen molar-refractivity contribution in [2.45, 2.75) is 51.6 Å². The molecule has 332 valence electrons. The predicted octanol–water partition coefficient (Wildman–Crippen LogP) is 10.2. The van der Waals surface area contributed by atoms with Gasteiger partial charge in [0.05, 0.1) is 37.6 Å². The third-order valence-corrected chi connectivity index (χ3v) is 11.8. The Bertz CT molecular complexity index is 2290. The first-order valence-corrected chi connectivity index (χ1v) is 21.7. The number of nitrogens with zero attached hydrogens (tertiary/aromatic N) is 2. The van der Waals surface area contributed by atoms with Gasteiger partial charge in [0.1, 0.15) is 23.0 Å². The van der Waals surface area contributed by atoms with Gasteiger partial charge in [-0.15, -0.1) is 0 Å². The van der Waals surface area contributed by atoms with Crippen LogP contribution in [-0.4, -0.2) is 71.1 Å². The number of carbonyl (C=O) groups is 4. The Morgan fingerprint density at radius 2 is 0.938 bits per heavy atom. The van der Waals surface area contributed by atoms with Crippen LogP contribution in [-0.2, 0) is 22.7 Å². The number of hydrogen-bond donors (Lipinski definition) is 2. The highest BCUT2D eigenvalue weighted by Gasteiger charge is 2.43. The normalized spacial score (nSPS) is 17.0.